The van der Waals surface area contributed by atoms with Crippen molar-refractivity contribution in [2.45, 2.75) is 45.2 Å². The van der Waals surface area contributed by atoms with Gasteiger partial charge in [-0.05, 0) is 44.7 Å². The maximum Gasteiger partial charge on any atom is 0.193 e. The Bertz CT molecular complexity index is 704. The van der Waals surface area contributed by atoms with Gasteiger partial charge < -0.3 is 10.2 Å². The van der Waals surface area contributed by atoms with Crippen LogP contribution >= 0.6 is 35.3 Å². The maximum absolute atomic E-state index is 4.73. The number of halogens is 1. The quantitative estimate of drug-likeness (QED) is 0.258. The third-order valence-corrected chi connectivity index (χ3v) is 7.62. The number of likely N-dealkylation sites (tertiary alicyclic amines) is 2. The third-order valence-electron chi connectivity index (χ3n) is 6.58. The third kappa shape index (κ3) is 6.17. The molecule has 168 valence electrons. The first-order valence-electron chi connectivity index (χ1n) is 11.3. The van der Waals surface area contributed by atoms with Gasteiger partial charge in [-0.1, -0.05) is 19.1 Å². The first-order chi connectivity index (χ1) is 14.2. The van der Waals surface area contributed by atoms with Crippen LogP contribution in [0.25, 0.3) is 0 Å². The molecule has 1 aromatic heterocycles. The molecule has 3 aliphatic rings. The molecule has 1 aromatic rings. The van der Waals surface area contributed by atoms with Crippen LogP contribution < -0.4 is 5.32 Å². The monoisotopic (exact) mass is 544 g/mol. The largest absolute Gasteiger partial charge is 0.356 e. The Morgan fingerprint density at radius 3 is 2.63 bits per heavy atom. The highest BCUT2D eigenvalue weighted by atomic mass is 127. The summed E-state index contributed by atoms with van der Waals surface area (Å²) < 4.78 is 0. The average Bonchev–Trinajstić information content (AvgIpc) is 3.51. The van der Waals surface area contributed by atoms with E-state index in [1.54, 1.807) is 11.3 Å². The highest BCUT2D eigenvalue weighted by molar-refractivity contribution is 14.0. The number of piperidine rings is 1. The van der Waals surface area contributed by atoms with Crippen LogP contribution in [0.1, 0.15) is 36.9 Å². The molecule has 4 rings (SSSR count). The molecular weight excluding hydrogens is 507 g/mol. The fraction of sp³-hybridized carbons (Fsp3) is 0.727. The molecule has 4 heterocycles. The van der Waals surface area contributed by atoms with Gasteiger partial charge in [0.1, 0.15) is 0 Å². The van der Waals surface area contributed by atoms with Crippen molar-refractivity contribution in [1.29, 1.82) is 0 Å². The highest BCUT2D eigenvalue weighted by Gasteiger charge is 2.30. The summed E-state index contributed by atoms with van der Waals surface area (Å²) in [5.74, 6) is 1.84. The summed E-state index contributed by atoms with van der Waals surface area (Å²) >= 11 is 1.80. The Labute approximate surface area is 202 Å². The number of aryl methyl sites for hydroxylation is 1. The minimum absolute atomic E-state index is 0. The molecule has 6 nitrogen and oxygen atoms in total. The standard InChI is InChI=1S/C22H36N6S.HI/c1-3-21-25-19(17-29-21)15-26-11-6-18(7-12-26)14-24-22(23-2)28-13-8-20(16-28)27-9-4-5-10-27;/h4-5,17-18,20H,3,6-16H2,1-2H3,(H,23,24);1H. The van der Waals surface area contributed by atoms with Crippen LogP contribution in [0.5, 0.6) is 0 Å². The van der Waals surface area contributed by atoms with Crippen LogP contribution in [0, 0.1) is 5.92 Å². The lowest BCUT2D eigenvalue weighted by molar-refractivity contribution is 0.176. The van der Waals surface area contributed by atoms with Crippen molar-refractivity contribution < 1.29 is 0 Å². The smallest absolute Gasteiger partial charge is 0.193 e. The SMILES string of the molecule is CCc1nc(CN2CCC(CNC(=NC)N3CCC(N4CC=CC4)C3)CC2)cs1.I. The number of guanidine groups is 1. The van der Waals surface area contributed by atoms with E-state index in [9.17, 15) is 0 Å². The molecule has 0 aliphatic carbocycles. The summed E-state index contributed by atoms with van der Waals surface area (Å²) in [6, 6.07) is 0.672. The first-order valence-corrected chi connectivity index (χ1v) is 12.1. The van der Waals surface area contributed by atoms with Gasteiger partial charge in [0.2, 0.25) is 0 Å². The van der Waals surface area contributed by atoms with Crippen molar-refractivity contribution in [3.8, 4) is 0 Å². The van der Waals surface area contributed by atoms with E-state index in [0.717, 1.165) is 57.6 Å². The minimum atomic E-state index is 0. The van der Waals surface area contributed by atoms with Gasteiger partial charge in [-0.3, -0.25) is 14.8 Å². The molecular formula is C22H37IN6S. The second-order valence-electron chi connectivity index (χ2n) is 8.55. The second-order valence-corrected chi connectivity index (χ2v) is 9.49. The number of thiazole rings is 1. The zero-order valence-corrected chi connectivity index (χ0v) is 21.6. The molecule has 0 bridgehead atoms. The Kier molecular flexibility index (Phi) is 9.40. The van der Waals surface area contributed by atoms with Crippen LogP contribution in [0.4, 0.5) is 0 Å². The van der Waals surface area contributed by atoms with Crippen molar-refractivity contribution in [2.75, 3.05) is 52.9 Å². The zero-order chi connectivity index (χ0) is 20.1. The van der Waals surface area contributed by atoms with E-state index in [1.807, 2.05) is 7.05 Å². The molecule has 0 saturated carbocycles. The van der Waals surface area contributed by atoms with E-state index in [1.165, 1.54) is 43.1 Å². The van der Waals surface area contributed by atoms with Crippen molar-refractivity contribution in [3.63, 3.8) is 0 Å². The predicted octanol–water partition coefficient (Wildman–Crippen LogP) is 3.06. The molecule has 1 unspecified atom stereocenters. The summed E-state index contributed by atoms with van der Waals surface area (Å²) in [5, 5.41) is 7.17. The summed E-state index contributed by atoms with van der Waals surface area (Å²) in [5.41, 5.74) is 1.25. The normalized spacial score (nSPS) is 23.9. The molecule has 0 spiro atoms. The number of aromatic nitrogens is 1. The molecule has 8 heteroatoms. The van der Waals surface area contributed by atoms with E-state index in [2.05, 4.69) is 49.5 Å². The van der Waals surface area contributed by atoms with Gasteiger partial charge in [-0.15, -0.1) is 35.3 Å². The van der Waals surface area contributed by atoms with Gasteiger partial charge in [-0.25, -0.2) is 4.98 Å². The number of nitrogens with one attached hydrogen (secondary N) is 1. The van der Waals surface area contributed by atoms with Gasteiger partial charge in [0.25, 0.3) is 0 Å². The van der Waals surface area contributed by atoms with Crippen molar-refractivity contribution in [3.05, 3.63) is 28.2 Å². The van der Waals surface area contributed by atoms with E-state index in [4.69, 9.17) is 4.98 Å². The van der Waals surface area contributed by atoms with E-state index < -0.39 is 0 Å². The average molecular weight is 545 g/mol. The van der Waals surface area contributed by atoms with E-state index in [0.29, 0.717) is 6.04 Å². The minimum Gasteiger partial charge on any atom is -0.356 e. The number of hydrogen-bond acceptors (Lipinski definition) is 5. The fourth-order valence-corrected chi connectivity index (χ4v) is 5.49. The molecule has 2 saturated heterocycles. The number of rotatable bonds is 6. The van der Waals surface area contributed by atoms with Gasteiger partial charge in [0.15, 0.2) is 5.96 Å². The van der Waals surface area contributed by atoms with E-state index >= 15 is 0 Å². The van der Waals surface area contributed by atoms with Crippen molar-refractivity contribution in [1.82, 2.24) is 25.0 Å². The summed E-state index contributed by atoms with van der Waals surface area (Å²) in [4.78, 5) is 16.9. The van der Waals surface area contributed by atoms with Gasteiger partial charge in [-0.2, -0.15) is 0 Å². The van der Waals surface area contributed by atoms with Gasteiger partial charge in [0, 0.05) is 57.7 Å². The molecule has 1 N–H and O–H groups in total. The molecule has 0 radical (unpaired) electrons. The van der Waals surface area contributed by atoms with Crippen molar-refractivity contribution in [2.24, 2.45) is 10.9 Å². The van der Waals surface area contributed by atoms with Gasteiger partial charge >= 0.3 is 0 Å². The number of aliphatic imine (C=N–C) groups is 1. The Balaban J connectivity index is 0.00000256. The molecule has 30 heavy (non-hydrogen) atoms. The Hall–Kier alpha value is -0.710. The Morgan fingerprint density at radius 1 is 1.20 bits per heavy atom. The summed E-state index contributed by atoms with van der Waals surface area (Å²) in [6.45, 7) is 11.0. The molecule has 2 fully saturated rings. The van der Waals surface area contributed by atoms with Crippen LogP contribution in [-0.2, 0) is 13.0 Å². The van der Waals surface area contributed by atoms with Crippen LogP contribution in [0.15, 0.2) is 22.5 Å². The Morgan fingerprint density at radius 2 is 1.97 bits per heavy atom. The molecule has 0 aromatic carbocycles. The van der Waals surface area contributed by atoms with Gasteiger partial charge in [0.05, 0.1) is 10.7 Å². The number of nitrogens with zero attached hydrogens (tertiary/aromatic N) is 5. The predicted molar refractivity (Wildman–Crippen MR) is 137 cm³/mol. The molecule has 3 aliphatic heterocycles. The fourth-order valence-electron chi connectivity index (χ4n) is 4.75. The highest BCUT2D eigenvalue weighted by Crippen LogP contribution is 2.21. The zero-order valence-electron chi connectivity index (χ0n) is 18.4. The van der Waals surface area contributed by atoms with Crippen LogP contribution in [0.3, 0.4) is 0 Å². The van der Waals surface area contributed by atoms with Crippen LogP contribution in [0.2, 0.25) is 0 Å². The van der Waals surface area contributed by atoms with E-state index in [-0.39, 0.29) is 24.0 Å². The lowest BCUT2D eigenvalue weighted by Gasteiger charge is -2.32. The topological polar surface area (TPSA) is 47.0 Å². The molecule has 1 atom stereocenters. The summed E-state index contributed by atoms with van der Waals surface area (Å²) in [6.07, 6.45) is 9.40. The lowest BCUT2D eigenvalue weighted by atomic mass is 9.97. The van der Waals surface area contributed by atoms with Crippen molar-refractivity contribution >= 4 is 41.3 Å². The maximum atomic E-state index is 4.73. The lowest BCUT2D eigenvalue weighted by Crippen LogP contribution is -2.45. The molecule has 0 amide bonds. The second kappa shape index (κ2) is 11.8. The van der Waals surface area contributed by atoms with Crippen LogP contribution in [-0.4, -0.2) is 84.5 Å². The first kappa shape index (κ1) is 23.9. The summed E-state index contributed by atoms with van der Waals surface area (Å²) in [7, 11) is 1.92. The number of hydrogen-bond donors (Lipinski definition) is 1.